The number of unbranched alkanes of at least 4 members (excludes halogenated alkanes) is 3. The van der Waals surface area contributed by atoms with E-state index in [0.29, 0.717) is 0 Å². The third kappa shape index (κ3) is 10.0. The van der Waals surface area contributed by atoms with Crippen LogP contribution in [0, 0.1) is 5.41 Å². The van der Waals surface area contributed by atoms with E-state index in [1.54, 1.807) is 6.92 Å². The SMILES string of the molecule is CCCCCC[PH](C)(C)Cc1ccc(COC(=O)C(C)(COC)COC(C)=O)cc1. The zero-order valence-electron chi connectivity index (χ0n) is 19.7. The molecule has 30 heavy (non-hydrogen) atoms. The first-order valence-corrected chi connectivity index (χ1v) is 14.4. The number of ether oxygens (including phenoxy) is 3. The molecule has 1 rings (SSSR count). The molecule has 0 aromatic heterocycles. The fourth-order valence-corrected chi connectivity index (χ4v) is 6.21. The van der Waals surface area contributed by atoms with Crippen LogP contribution in [0.15, 0.2) is 24.3 Å². The van der Waals surface area contributed by atoms with Gasteiger partial charge in [-0.3, -0.25) is 4.79 Å². The van der Waals surface area contributed by atoms with Gasteiger partial charge < -0.3 is 0 Å². The van der Waals surface area contributed by atoms with Crippen molar-refractivity contribution in [3.63, 3.8) is 0 Å². The molecule has 0 aliphatic carbocycles. The van der Waals surface area contributed by atoms with E-state index in [9.17, 15) is 9.59 Å². The first-order chi connectivity index (χ1) is 14.1. The van der Waals surface area contributed by atoms with Gasteiger partial charge in [0.15, 0.2) is 0 Å². The van der Waals surface area contributed by atoms with E-state index >= 15 is 0 Å². The molecule has 5 nitrogen and oxygen atoms in total. The quantitative estimate of drug-likeness (QED) is 0.231. The van der Waals surface area contributed by atoms with Crippen LogP contribution in [0.4, 0.5) is 0 Å². The summed E-state index contributed by atoms with van der Waals surface area (Å²) in [6.07, 6.45) is 7.84. The molecular weight excluding hydrogens is 399 g/mol. The third-order valence-electron chi connectivity index (χ3n) is 5.33. The Labute approximate surface area is 183 Å². The zero-order chi connectivity index (χ0) is 22.6. The molecule has 0 saturated carbocycles. The Kier molecular flexibility index (Phi) is 11.6. The maximum atomic E-state index is 12.6. The number of hydrogen-bond donors (Lipinski definition) is 0. The molecule has 6 heteroatoms. The Morgan fingerprint density at radius 3 is 2.17 bits per heavy atom. The van der Waals surface area contributed by atoms with Gasteiger partial charge in [-0.15, -0.1) is 0 Å². The molecule has 0 radical (unpaired) electrons. The minimum absolute atomic E-state index is 0.0636. The molecule has 0 aliphatic heterocycles. The molecule has 0 amide bonds. The van der Waals surface area contributed by atoms with Crippen molar-refractivity contribution in [2.45, 2.75) is 59.2 Å². The van der Waals surface area contributed by atoms with Crippen LogP contribution in [0.5, 0.6) is 0 Å². The van der Waals surface area contributed by atoms with Crippen LogP contribution in [-0.2, 0) is 36.6 Å². The van der Waals surface area contributed by atoms with Crippen molar-refractivity contribution in [2.75, 3.05) is 39.8 Å². The second kappa shape index (κ2) is 13.1. The predicted octanol–water partition coefficient (Wildman–Crippen LogP) is 5.04. The standard InChI is InChI=1S/C24H41O5P/c1-7-8-9-10-15-30(5,6)17-22-13-11-21(12-14-22)16-28-23(26)24(3,18-27-4)19-29-20(2)25/h11-14,30H,7-10,15-19H2,1-6H3. The van der Waals surface area contributed by atoms with Crippen LogP contribution in [0.1, 0.15) is 57.6 Å². The van der Waals surface area contributed by atoms with E-state index in [-0.39, 0.29) is 19.8 Å². The summed E-state index contributed by atoms with van der Waals surface area (Å²) in [7, 11) is 0.265. The van der Waals surface area contributed by atoms with E-state index in [2.05, 4.69) is 32.4 Å². The van der Waals surface area contributed by atoms with Gasteiger partial charge in [-0.1, -0.05) is 0 Å². The Bertz CT molecular complexity index is 656. The Hall–Kier alpha value is -1.45. The monoisotopic (exact) mass is 440 g/mol. The molecular formula is C24H41O5P. The van der Waals surface area contributed by atoms with Crippen LogP contribution < -0.4 is 0 Å². The Morgan fingerprint density at radius 2 is 1.60 bits per heavy atom. The molecule has 0 bridgehead atoms. The predicted molar refractivity (Wildman–Crippen MR) is 126 cm³/mol. The molecule has 0 heterocycles. The van der Waals surface area contributed by atoms with Crippen LogP contribution >= 0.6 is 7.26 Å². The van der Waals surface area contributed by atoms with Crippen molar-refractivity contribution < 1.29 is 23.8 Å². The second-order valence-corrected chi connectivity index (χ2v) is 14.5. The maximum absolute atomic E-state index is 12.6. The summed E-state index contributed by atoms with van der Waals surface area (Å²) in [5.74, 6) is -0.868. The topological polar surface area (TPSA) is 61.8 Å². The molecule has 1 unspecified atom stereocenters. The number of carbonyl (C=O) groups is 2. The van der Waals surface area contributed by atoms with Gasteiger partial charge in [0.25, 0.3) is 0 Å². The van der Waals surface area contributed by atoms with Crippen LogP contribution in [0.25, 0.3) is 0 Å². The fraction of sp³-hybridized carbons (Fsp3) is 0.667. The summed E-state index contributed by atoms with van der Waals surface area (Å²) >= 11 is 0. The van der Waals surface area contributed by atoms with E-state index < -0.39 is 24.6 Å². The summed E-state index contributed by atoms with van der Waals surface area (Å²) in [5, 5.41) is 0. The van der Waals surface area contributed by atoms with E-state index in [0.717, 1.165) is 5.56 Å². The summed E-state index contributed by atoms with van der Waals surface area (Å²) in [4.78, 5) is 23.7. The zero-order valence-corrected chi connectivity index (χ0v) is 20.7. The average molecular weight is 441 g/mol. The molecule has 0 aliphatic rings. The molecule has 0 spiro atoms. The van der Waals surface area contributed by atoms with Crippen molar-refractivity contribution in [2.24, 2.45) is 5.41 Å². The van der Waals surface area contributed by atoms with Crippen molar-refractivity contribution in [1.82, 2.24) is 0 Å². The average Bonchev–Trinajstić information content (AvgIpc) is 2.69. The number of esters is 2. The number of hydrogen-bond acceptors (Lipinski definition) is 5. The molecule has 1 aromatic carbocycles. The molecule has 1 aromatic rings. The van der Waals surface area contributed by atoms with Gasteiger partial charge in [-0.2, -0.15) is 0 Å². The van der Waals surface area contributed by atoms with Crippen molar-refractivity contribution in [3.8, 4) is 0 Å². The van der Waals surface area contributed by atoms with Gasteiger partial charge in [0.1, 0.15) is 0 Å². The Morgan fingerprint density at radius 1 is 0.967 bits per heavy atom. The second-order valence-electron chi connectivity index (χ2n) is 9.32. The molecule has 1 atom stereocenters. The summed E-state index contributed by atoms with van der Waals surface area (Å²) in [5.41, 5.74) is 1.28. The molecule has 0 N–H and O–H groups in total. The van der Waals surface area contributed by atoms with Crippen LogP contribution in [0.2, 0.25) is 0 Å². The van der Waals surface area contributed by atoms with Crippen molar-refractivity contribution in [1.29, 1.82) is 0 Å². The normalized spacial score (nSPS) is 14.1. The van der Waals surface area contributed by atoms with Gasteiger partial charge in [-0.05, 0) is 0 Å². The number of carbonyl (C=O) groups excluding carboxylic acids is 2. The van der Waals surface area contributed by atoms with Crippen molar-refractivity contribution in [3.05, 3.63) is 35.4 Å². The first-order valence-electron chi connectivity index (χ1n) is 11.0. The van der Waals surface area contributed by atoms with Crippen molar-refractivity contribution >= 4 is 19.2 Å². The number of benzene rings is 1. The summed E-state index contributed by atoms with van der Waals surface area (Å²) in [6.45, 7) is 10.4. The number of rotatable bonds is 14. The fourth-order valence-electron chi connectivity index (χ4n) is 3.49. The van der Waals surface area contributed by atoms with Gasteiger partial charge >= 0.3 is 171 Å². The van der Waals surface area contributed by atoms with Gasteiger partial charge in [-0.25, -0.2) is 0 Å². The summed E-state index contributed by atoms with van der Waals surface area (Å²) < 4.78 is 15.6. The summed E-state index contributed by atoms with van der Waals surface area (Å²) in [6, 6.07) is 8.36. The molecule has 0 fully saturated rings. The minimum atomic E-state index is -1.24. The first kappa shape index (κ1) is 26.6. The Balaban J connectivity index is 2.58. The van der Waals surface area contributed by atoms with E-state index in [1.807, 2.05) is 12.1 Å². The van der Waals surface area contributed by atoms with Gasteiger partial charge in [0, 0.05) is 6.92 Å². The molecule has 0 saturated heterocycles. The third-order valence-corrected chi connectivity index (χ3v) is 8.40. The van der Waals surface area contributed by atoms with Gasteiger partial charge in [0.2, 0.25) is 0 Å². The molecule has 172 valence electrons. The number of methoxy groups -OCH3 is 1. The van der Waals surface area contributed by atoms with E-state index in [4.69, 9.17) is 14.2 Å². The van der Waals surface area contributed by atoms with E-state index in [1.165, 1.54) is 57.6 Å². The van der Waals surface area contributed by atoms with Crippen LogP contribution in [-0.4, -0.2) is 51.8 Å². The van der Waals surface area contributed by atoms with Crippen LogP contribution in [0.3, 0.4) is 0 Å². The van der Waals surface area contributed by atoms with Gasteiger partial charge in [0.05, 0.1) is 0 Å².